The molecule has 3 saturated carbocycles. The van der Waals surface area contributed by atoms with Gasteiger partial charge in [0, 0.05) is 24.6 Å². The topological polar surface area (TPSA) is 120 Å². The van der Waals surface area contributed by atoms with Crippen LogP contribution in [0.2, 0.25) is 0 Å². The first kappa shape index (κ1) is 31.9. The van der Waals surface area contributed by atoms with Crippen molar-refractivity contribution in [2.45, 2.75) is 71.0 Å². The summed E-state index contributed by atoms with van der Waals surface area (Å²) in [6.45, 7) is 6.32. The lowest BCUT2D eigenvalue weighted by Crippen LogP contribution is -2.62. The highest BCUT2D eigenvalue weighted by Gasteiger charge is 2.70. The van der Waals surface area contributed by atoms with Crippen molar-refractivity contribution in [3.8, 4) is 5.69 Å². The van der Waals surface area contributed by atoms with Crippen LogP contribution in [0.3, 0.4) is 0 Å². The van der Waals surface area contributed by atoms with Crippen LogP contribution in [-0.2, 0) is 25.5 Å². The molecule has 2 unspecified atom stereocenters. The number of thioether (sulfide) groups is 1. The van der Waals surface area contributed by atoms with Crippen LogP contribution in [0.25, 0.3) is 11.8 Å². The van der Waals surface area contributed by atoms with Crippen molar-refractivity contribution in [3.63, 3.8) is 0 Å². The van der Waals surface area contributed by atoms with Crippen LogP contribution in [0, 0.1) is 28.6 Å². The lowest BCUT2D eigenvalue weighted by Gasteiger charge is -2.60. The minimum Gasteiger partial charge on any atom is -0.448 e. The quantitative estimate of drug-likeness (QED) is 0.392. The van der Waals surface area contributed by atoms with Gasteiger partial charge in [-0.15, -0.1) is 0 Å². The third-order valence-electron chi connectivity index (χ3n) is 11.3. The number of methoxy groups -OCH3 is 1. The Bertz CT molecular complexity index is 1540. The first-order valence-corrected chi connectivity index (χ1v) is 16.8. The number of amides is 1. The maximum absolute atomic E-state index is 13.6. The molecule has 1 aromatic heterocycles. The minimum absolute atomic E-state index is 0.0184. The van der Waals surface area contributed by atoms with Crippen LogP contribution in [0.4, 0.5) is 4.39 Å². The molecule has 11 heteroatoms. The van der Waals surface area contributed by atoms with Crippen molar-refractivity contribution < 1.29 is 33.4 Å². The van der Waals surface area contributed by atoms with Crippen molar-refractivity contribution in [2.75, 3.05) is 26.3 Å². The fourth-order valence-electron chi connectivity index (χ4n) is 9.47. The average Bonchev–Trinajstić information content (AvgIpc) is 3.53. The van der Waals surface area contributed by atoms with Gasteiger partial charge in [-0.1, -0.05) is 25.5 Å². The number of rotatable bonds is 8. The van der Waals surface area contributed by atoms with Gasteiger partial charge in [0.1, 0.15) is 12.6 Å². The van der Waals surface area contributed by atoms with Gasteiger partial charge in [-0.05, 0) is 110 Å². The molecule has 0 aliphatic heterocycles. The number of hydrogen-bond donors (Lipinski definition) is 2. The molecular formula is C34H42FN3O6S. The number of nitrogens with one attached hydrogen (secondary N) is 1. The van der Waals surface area contributed by atoms with Crippen LogP contribution in [0.1, 0.15) is 74.5 Å². The van der Waals surface area contributed by atoms with E-state index in [0.717, 1.165) is 29.8 Å². The molecule has 2 N–H and O–H groups in total. The molecule has 4 aliphatic rings. The van der Waals surface area contributed by atoms with E-state index in [9.17, 15) is 23.9 Å². The molecule has 0 saturated heterocycles. The Kier molecular flexibility index (Phi) is 8.50. The number of halogens is 1. The summed E-state index contributed by atoms with van der Waals surface area (Å²) in [6, 6.07) is 6.54. The van der Waals surface area contributed by atoms with Crippen molar-refractivity contribution in [3.05, 3.63) is 52.9 Å². The summed E-state index contributed by atoms with van der Waals surface area (Å²) in [7, 11) is 1.39. The normalized spacial score (nSPS) is 33.2. The SMILES string of the molecule is CCNC(=O)c1cccc(-n2ncc3c2C=C2CC[C@@H]4C([C@@H](O)C[C@@]5(C)C4CC[C@]5(OC(=O)COC)C(=O)SCF)[C@@]2(C)C3)c1. The van der Waals surface area contributed by atoms with Gasteiger partial charge in [0.2, 0.25) is 5.12 Å². The summed E-state index contributed by atoms with van der Waals surface area (Å²) < 4.78 is 26.3. The smallest absolute Gasteiger partial charge is 0.333 e. The van der Waals surface area contributed by atoms with E-state index in [1.165, 1.54) is 12.7 Å². The monoisotopic (exact) mass is 639 g/mol. The molecule has 1 amide bonds. The van der Waals surface area contributed by atoms with Gasteiger partial charge >= 0.3 is 5.97 Å². The standard InChI is InChI=1S/C34H42FN3O6S/c1-5-36-30(41)20-7-6-8-23(13-20)38-26-14-22-9-10-24-25-11-12-34(31(42)45-19-35,44-28(40)18-43-4)33(25,3)16-27(39)29(24)32(22,2)15-21(26)17-37-38/h6-8,13-14,17,24-25,27,29,39H,5,9-12,15-16,18-19H2,1-4H3,(H,36,41)/t24-,25?,27-,29?,32-,33-,34-/m0/s1. The lowest BCUT2D eigenvalue weighted by molar-refractivity contribution is -0.198. The van der Waals surface area contributed by atoms with Crippen LogP contribution in [-0.4, -0.2) is 69.9 Å². The van der Waals surface area contributed by atoms with E-state index in [-0.39, 0.29) is 42.1 Å². The van der Waals surface area contributed by atoms with Gasteiger partial charge in [-0.3, -0.25) is 9.59 Å². The fraction of sp³-hybridized carbons (Fsp3) is 0.588. The maximum Gasteiger partial charge on any atom is 0.333 e. The second-order valence-electron chi connectivity index (χ2n) is 13.5. The molecule has 0 radical (unpaired) electrons. The highest BCUT2D eigenvalue weighted by Crippen LogP contribution is 2.68. The van der Waals surface area contributed by atoms with E-state index in [1.54, 1.807) is 6.07 Å². The number of benzene rings is 1. The predicted molar refractivity (Wildman–Crippen MR) is 168 cm³/mol. The lowest BCUT2D eigenvalue weighted by atomic mass is 9.45. The van der Waals surface area contributed by atoms with Gasteiger partial charge in [0.15, 0.2) is 5.60 Å². The van der Waals surface area contributed by atoms with Crippen LogP contribution < -0.4 is 5.32 Å². The third-order valence-corrected chi connectivity index (χ3v) is 12.0. The van der Waals surface area contributed by atoms with E-state index >= 15 is 0 Å². The molecule has 242 valence electrons. The first-order chi connectivity index (χ1) is 21.5. The molecule has 2 aromatic rings. The average molecular weight is 640 g/mol. The summed E-state index contributed by atoms with van der Waals surface area (Å²) >= 11 is 0.541. The third kappa shape index (κ3) is 4.97. The van der Waals surface area contributed by atoms with Gasteiger partial charge in [-0.2, -0.15) is 5.10 Å². The van der Waals surface area contributed by atoms with Crippen LogP contribution >= 0.6 is 11.8 Å². The van der Waals surface area contributed by atoms with Crippen molar-refractivity contribution in [1.82, 2.24) is 15.1 Å². The summed E-state index contributed by atoms with van der Waals surface area (Å²) in [6.07, 6.45) is 6.94. The number of carbonyl (C=O) groups excluding carboxylic acids is 3. The van der Waals surface area contributed by atoms with Gasteiger partial charge in [-0.25, -0.2) is 13.9 Å². The summed E-state index contributed by atoms with van der Waals surface area (Å²) in [4.78, 5) is 38.8. The van der Waals surface area contributed by atoms with Crippen LogP contribution in [0.5, 0.6) is 0 Å². The molecule has 1 aromatic carbocycles. The Hall–Kier alpha value is -3.02. The van der Waals surface area contributed by atoms with Gasteiger partial charge < -0.3 is 19.9 Å². The number of nitrogens with zero attached hydrogens (tertiary/aromatic N) is 2. The Morgan fingerprint density at radius 2 is 2.04 bits per heavy atom. The summed E-state index contributed by atoms with van der Waals surface area (Å²) in [5.41, 5.74) is 2.03. The number of aromatic nitrogens is 2. The molecule has 45 heavy (non-hydrogen) atoms. The van der Waals surface area contributed by atoms with Crippen LogP contribution in [0.15, 0.2) is 36.0 Å². The maximum atomic E-state index is 13.6. The Morgan fingerprint density at radius 1 is 1.24 bits per heavy atom. The number of ether oxygens (including phenoxy) is 2. The predicted octanol–water partition coefficient (Wildman–Crippen LogP) is 4.89. The molecule has 1 heterocycles. The Labute approximate surface area is 267 Å². The number of alkyl halides is 1. The molecule has 9 nitrogen and oxygen atoms in total. The second-order valence-corrected chi connectivity index (χ2v) is 14.4. The zero-order valence-electron chi connectivity index (χ0n) is 26.3. The van der Waals surface area contributed by atoms with Crippen molar-refractivity contribution >= 4 is 34.8 Å². The number of aliphatic hydroxyl groups excluding tert-OH is 1. The molecule has 3 fully saturated rings. The summed E-state index contributed by atoms with van der Waals surface area (Å²) in [5, 5.41) is 19.1. The number of carbonyl (C=O) groups is 3. The second kappa shape index (κ2) is 12.0. The largest absolute Gasteiger partial charge is 0.448 e. The molecule has 4 aliphatic carbocycles. The number of aliphatic hydroxyl groups is 1. The van der Waals surface area contributed by atoms with E-state index in [1.807, 2.05) is 42.9 Å². The molecule has 0 bridgehead atoms. The van der Waals surface area contributed by atoms with Gasteiger partial charge in [0.05, 0.1) is 23.7 Å². The molecule has 6 rings (SSSR count). The van der Waals surface area contributed by atoms with Gasteiger partial charge in [0.25, 0.3) is 5.91 Å². The van der Waals surface area contributed by atoms with E-state index in [0.29, 0.717) is 43.1 Å². The number of hydrogen-bond acceptors (Lipinski definition) is 8. The number of fused-ring (bicyclic) bond motifs is 6. The zero-order chi connectivity index (χ0) is 32.1. The highest BCUT2D eigenvalue weighted by molar-refractivity contribution is 8.13. The number of esters is 1. The minimum atomic E-state index is -1.52. The van der Waals surface area contributed by atoms with Crippen molar-refractivity contribution in [1.29, 1.82) is 0 Å². The van der Waals surface area contributed by atoms with E-state index in [4.69, 9.17) is 14.6 Å². The Balaban J connectivity index is 1.32. The molecular weight excluding hydrogens is 597 g/mol. The highest BCUT2D eigenvalue weighted by atomic mass is 32.2. The zero-order valence-corrected chi connectivity index (χ0v) is 27.1. The molecule has 7 atom stereocenters. The number of allylic oxidation sites excluding steroid dienone is 1. The first-order valence-electron chi connectivity index (χ1n) is 15.8. The van der Waals surface area contributed by atoms with Crippen molar-refractivity contribution in [2.24, 2.45) is 28.6 Å². The summed E-state index contributed by atoms with van der Waals surface area (Å²) in [5.74, 6) is -0.736. The fourth-order valence-corrected chi connectivity index (χ4v) is 10.2. The van der Waals surface area contributed by atoms with E-state index in [2.05, 4.69) is 18.3 Å². The Morgan fingerprint density at radius 3 is 2.78 bits per heavy atom. The van der Waals surface area contributed by atoms with E-state index < -0.39 is 34.2 Å². The molecule has 0 spiro atoms.